The number of hydrogen-bond acceptors (Lipinski definition) is 4. The molecule has 2 N–H and O–H groups in total. The molecule has 0 spiro atoms. The highest BCUT2D eigenvalue weighted by molar-refractivity contribution is 6.49. The number of aryl methyl sites for hydroxylation is 1. The monoisotopic (exact) mass is 323 g/mol. The van der Waals surface area contributed by atoms with Crippen LogP contribution in [0.25, 0.3) is 0 Å². The molecule has 0 radical (unpaired) electrons. The van der Waals surface area contributed by atoms with Crippen LogP contribution in [0.4, 0.5) is 14.5 Å². The molecule has 0 atom stereocenters. The SMILES string of the molecule is Cc1nc2c([nH]1)C(=O)C(Cl)=C(Nc1ccc(F)c(F)c1)C2=O. The first-order valence-corrected chi connectivity index (χ1v) is 6.54. The second kappa shape index (κ2) is 5.03. The quantitative estimate of drug-likeness (QED) is 0.891. The summed E-state index contributed by atoms with van der Waals surface area (Å²) in [5.41, 5.74) is -0.180. The lowest BCUT2D eigenvalue weighted by Crippen LogP contribution is -2.24. The van der Waals surface area contributed by atoms with Crippen LogP contribution >= 0.6 is 11.6 Å². The summed E-state index contributed by atoms with van der Waals surface area (Å²) >= 11 is 5.92. The number of fused-ring (bicyclic) bond motifs is 1. The molecule has 112 valence electrons. The smallest absolute Gasteiger partial charge is 0.231 e. The van der Waals surface area contributed by atoms with Crippen molar-refractivity contribution in [1.29, 1.82) is 0 Å². The maximum absolute atomic E-state index is 13.2. The van der Waals surface area contributed by atoms with Crippen LogP contribution in [0.2, 0.25) is 0 Å². The van der Waals surface area contributed by atoms with E-state index in [1.54, 1.807) is 6.92 Å². The molecular formula is C14H8ClF2N3O2. The van der Waals surface area contributed by atoms with E-state index in [2.05, 4.69) is 15.3 Å². The number of carbonyl (C=O) groups is 2. The van der Waals surface area contributed by atoms with Gasteiger partial charge in [-0.2, -0.15) is 0 Å². The fourth-order valence-corrected chi connectivity index (χ4v) is 2.32. The van der Waals surface area contributed by atoms with Crippen molar-refractivity contribution in [3.8, 4) is 0 Å². The molecule has 0 aliphatic heterocycles. The van der Waals surface area contributed by atoms with Gasteiger partial charge in [-0.1, -0.05) is 11.6 Å². The van der Waals surface area contributed by atoms with Gasteiger partial charge in [0.1, 0.15) is 27.9 Å². The number of anilines is 1. The number of Topliss-reactive ketones (excluding diaryl/α,β-unsaturated/α-hetero) is 2. The third-order valence-corrected chi connectivity index (χ3v) is 3.46. The largest absolute Gasteiger partial charge is 0.351 e. The van der Waals surface area contributed by atoms with Gasteiger partial charge in [-0.15, -0.1) is 0 Å². The minimum atomic E-state index is -1.09. The minimum Gasteiger partial charge on any atom is -0.351 e. The zero-order valence-corrected chi connectivity index (χ0v) is 11.9. The van der Waals surface area contributed by atoms with Gasteiger partial charge in [-0.25, -0.2) is 13.8 Å². The summed E-state index contributed by atoms with van der Waals surface area (Å²) < 4.78 is 26.1. The van der Waals surface area contributed by atoms with Crippen LogP contribution in [-0.4, -0.2) is 21.5 Å². The summed E-state index contributed by atoms with van der Waals surface area (Å²) in [5.74, 6) is -2.92. The molecule has 1 aliphatic rings. The first-order valence-electron chi connectivity index (χ1n) is 6.16. The minimum absolute atomic E-state index is 0.0170. The van der Waals surface area contributed by atoms with Gasteiger partial charge in [-0.3, -0.25) is 9.59 Å². The number of imidazole rings is 1. The number of ketones is 2. The topological polar surface area (TPSA) is 74.8 Å². The average molecular weight is 324 g/mol. The van der Waals surface area contributed by atoms with E-state index in [1.165, 1.54) is 6.07 Å². The Labute approximate surface area is 128 Å². The molecule has 1 aromatic carbocycles. The van der Waals surface area contributed by atoms with E-state index in [9.17, 15) is 18.4 Å². The predicted octanol–water partition coefficient (Wildman–Crippen LogP) is 2.94. The Hall–Kier alpha value is -2.54. The lowest BCUT2D eigenvalue weighted by Gasteiger charge is -2.15. The van der Waals surface area contributed by atoms with Gasteiger partial charge >= 0.3 is 0 Å². The van der Waals surface area contributed by atoms with Crippen molar-refractivity contribution in [3.05, 3.63) is 57.8 Å². The Balaban J connectivity index is 2.02. The van der Waals surface area contributed by atoms with Crippen LogP contribution in [0.3, 0.4) is 0 Å². The van der Waals surface area contributed by atoms with Gasteiger partial charge in [0, 0.05) is 11.8 Å². The Kier molecular flexibility index (Phi) is 3.29. The molecule has 1 heterocycles. The van der Waals surface area contributed by atoms with Gasteiger partial charge < -0.3 is 10.3 Å². The molecule has 1 aliphatic carbocycles. The molecular weight excluding hydrogens is 316 g/mol. The summed E-state index contributed by atoms with van der Waals surface area (Å²) in [6.07, 6.45) is 0. The van der Waals surface area contributed by atoms with Crippen LogP contribution in [0.15, 0.2) is 28.9 Å². The van der Waals surface area contributed by atoms with Gasteiger partial charge in [0.15, 0.2) is 11.6 Å². The molecule has 0 saturated carbocycles. The lowest BCUT2D eigenvalue weighted by molar-refractivity contribution is 0.0977. The standard InChI is InChI=1S/C14H8ClF2N3O2/c1-5-18-11-12(19-5)14(22)10(9(15)13(11)21)20-6-2-3-7(16)8(17)4-6/h2-4,20H,1H3,(H,18,19). The number of carbonyl (C=O) groups excluding carboxylic acids is 2. The number of halogens is 3. The Morgan fingerprint density at radius 1 is 1.18 bits per heavy atom. The molecule has 22 heavy (non-hydrogen) atoms. The summed E-state index contributed by atoms with van der Waals surface area (Å²) in [6, 6.07) is 2.97. The third-order valence-electron chi connectivity index (χ3n) is 3.10. The molecule has 0 unspecified atom stereocenters. The molecule has 3 rings (SSSR count). The van der Waals surface area contributed by atoms with Crippen molar-refractivity contribution in [2.45, 2.75) is 6.92 Å². The van der Waals surface area contributed by atoms with E-state index in [4.69, 9.17) is 11.6 Å². The van der Waals surface area contributed by atoms with E-state index < -0.39 is 23.2 Å². The molecule has 0 saturated heterocycles. The number of aromatic nitrogens is 2. The predicted molar refractivity (Wildman–Crippen MR) is 74.8 cm³/mol. The molecule has 2 aromatic rings. The molecule has 0 amide bonds. The number of nitrogens with zero attached hydrogens (tertiary/aromatic N) is 1. The van der Waals surface area contributed by atoms with Crippen LogP contribution in [0, 0.1) is 18.6 Å². The van der Waals surface area contributed by atoms with Gasteiger partial charge in [0.2, 0.25) is 11.6 Å². The van der Waals surface area contributed by atoms with E-state index >= 15 is 0 Å². The number of rotatable bonds is 2. The van der Waals surface area contributed by atoms with Crippen LogP contribution in [0.5, 0.6) is 0 Å². The van der Waals surface area contributed by atoms with Gasteiger partial charge in [0.25, 0.3) is 0 Å². The maximum Gasteiger partial charge on any atom is 0.231 e. The zero-order valence-electron chi connectivity index (χ0n) is 11.1. The first-order chi connectivity index (χ1) is 10.4. The molecule has 5 nitrogen and oxygen atoms in total. The van der Waals surface area contributed by atoms with Crippen molar-refractivity contribution < 1.29 is 18.4 Å². The highest BCUT2D eigenvalue weighted by Crippen LogP contribution is 2.28. The average Bonchev–Trinajstić information content (AvgIpc) is 2.87. The fraction of sp³-hybridized carbons (Fsp3) is 0.0714. The number of allylic oxidation sites excluding steroid dienone is 2. The number of H-pyrrole nitrogens is 1. The highest BCUT2D eigenvalue weighted by atomic mass is 35.5. The normalized spacial score (nSPS) is 14.4. The number of benzene rings is 1. The van der Waals surface area contributed by atoms with Crippen molar-refractivity contribution in [2.75, 3.05) is 5.32 Å². The zero-order chi connectivity index (χ0) is 16.0. The second-order valence-corrected chi connectivity index (χ2v) is 5.02. The summed E-state index contributed by atoms with van der Waals surface area (Å²) in [6.45, 7) is 1.59. The maximum atomic E-state index is 13.2. The first kappa shape index (κ1) is 14.4. The number of aromatic amines is 1. The number of hydrogen-bond donors (Lipinski definition) is 2. The summed E-state index contributed by atoms with van der Waals surface area (Å²) in [4.78, 5) is 31.1. The highest BCUT2D eigenvalue weighted by Gasteiger charge is 2.34. The van der Waals surface area contributed by atoms with E-state index in [1.807, 2.05) is 0 Å². The second-order valence-electron chi connectivity index (χ2n) is 4.65. The van der Waals surface area contributed by atoms with Crippen LogP contribution < -0.4 is 5.32 Å². The number of nitrogens with one attached hydrogen (secondary N) is 2. The summed E-state index contributed by atoms with van der Waals surface area (Å²) in [5, 5.41) is 2.20. The van der Waals surface area contributed by atoms with Crippen molar-refractivity contribution in [2.24, 2.45) is 0 Å². The molecule has 0 fully saturated rings. The van der Waals surface area contributed by atoms with E-state index in [0.717, 1.165) is 12.1 Å². The Morgan fingerprint density at radius 3 is 2.59 bits per heavy atom. The summed E-state index contributed by atoms with van der Waals surface area (Å²) in [7, 11) is 0. The Morgan fingerprint density at radius 2 is 1.91 bits per heavy atom. The van der Waals surface area contributed by atoms with Crippen molar-refractivity contribution in [1.82, 2.24) is 9.97 Å². The fourth-order valence-electron chi connectivity index (χ4n) is 2.09. The van der Waals surface area contributed by atoms with Crippen LogP contribution in [-0.2, 0) is 0 Å². The third kappa shape index (κ3) is 2.19. The molecule has 8 heteroatoms. The van der Waals surface area contributed by atoms with E-state index in [0.29, 0.717) is 5.82 Å². The van der Waals surface area contributed by atoms with Gasteiger partial charge in [-0.05, 0) is 19.1 Å². The van der Waals surface area contributed by atoms with E-state index in [-0.39, 0.29) is 27.8 Å². The Bertz CT molecular complexity index is 858. The van der Waals surface area contributed by atoms with Crippen molar-refractivity contribution in [3.63, 3.8) is 0 Å². The lowest BCUT2D eigenvalue weighted by atomic mass is 10.0. The van der Waals surface area contributed by atoms with Crippen LogP contribution in [0.1, 0.15) is 26.8 Å². The van der Waals surface area contributed by atoms with Crippen molar-refractivity contribution >= 4 is 28.9 Å². The molecule has 0 bridgehead atoms. The molecule has 1 aromatic heterocycles. The van der Waals surface area contributed by atoms with Gasteiger partial charge in [0.05, 0.1) is 0 Å².